The fourth-order valence-corrected chi connectivity index (χ4v) is 4.11. The van der Waals surface area contributed by atoms with Gasteiger partial charge in [-0.05, 0) is 53.0 Å². The minimum absolute atomic E-state index is 0.649. The van der Waals surface area contributed by atoms with Gasteiger partial charge in [0.2, 0.25) is 0 Å². The highest BCUT2D eigenvalue weighted by Crippen LogP contribution is 2.23. The number of rotatable bonds is 4. The van der Waals surface area contributed by atoms with Crippen LogP contribution in [0.2, 0.25) is 0 Å². The first-order valence-electron chi connectivity index (χ1n) is 7.09. The Hall–Kier alpha value is -0.840. The number of para-hydroxylation sites is 1. The van der Waals surface area contributed by atoms with E-state index in [1.807, 2.05) is 11.3 Å². The molecule has 1 N–H and O–H groups in total. The minimum atomic E-state index is 0.649. The molecule has 0 aliphatic carbocycles. The van der Waals surface area contributed by atoms with E-state index in [1.165, 1.54) is 27.2 Å². The topological polar surface area (TPSA) is 15.3 Å². The smallest absolute Gasteiger partial charge is 0.0701 e. The van der Waals surface area contributed by atoms with Gasteiger partial charge in [0.1, 0.15) is 0 Å². The van der Waals surface area contributed by atoms with Crippen molar-refractivity contribution in [1.29, 1.82) is 0 Å². The zero-order chi connectivity index (χ0) is 13.8. The van der Waals surface area contributed by atoms with Crippen LogP contribution in [-0.4, -0.2) is 19.1 Å². The molecular weight excluding hydrogens is 332 g/mol. The van der Waals surface area contributed by atoms with Crippen molar-refractivity contribution in [3.63, 3.8) is 0 Å². The summed E-state index contributed by atoms with van der Waals surface area (Å²) in [5.41, 5.74) is 1.35. The molecule has 1 aromatic carbocycles. The first kappa shape index (κ1) is 14.1. The first-order valence-corrected chi connectivity index (χ1v) is 8.70. The zero-order valence-electron chi connectivity index (χ0n) is 11.4. The average Bonchev–Trinajstić information content (AvgIpc) is 2.92. The molecule has 1 aliphatic heterocycles. The summed E-state index contributed by atoms with van der Waals surface area (Å²) in [6.07, 6.45) is 2.45. The van der Waals surface area contributed by atoms with Crippen LogP contribution >= 0.6 is 27.3 Å². The Bertz CT molecular complexity index is 532. The summed E-state index contributed by atoms with van der Waals surface area (Å²) in [6, 6.07) is 15.7. The van der Waals surface area contributed by atoms with Crippen LogP contribution < -0.4 is 10.2 Å². The van der Waals surface area contributed by atoms with E-state index in [1.54, 1.807) is 0 Å². The van der Waals surface area contributed by atoms with Gasteiger partial charge in [-0.2, -0.15) is 0 Å². The summed E-state index contributed by atoms with van der Waals surface area (Å²) >= 11 is 5.33. The summed E-state index contributed by atoms with van der Waals surface area (Å²) in [5.74, 6) is 0. The van der Waals surface area contributed by atoms with Crippen molar-refractivity contribution in [2.45, 2.75) is 25.4 Å². The molecule has 1 aromatic heterocycles. The quantitative estimate of drug-likeness (QED) is 0.885. The number of halogens is 1. The lowest BCUT2D eigenvalue weighted by Gasteiger charge is -2.34. The summed E-state index contributed by atoms with van der Waals surface area (Å²) in [7, 11) is 0. The predicted molar refractivity (Wildman–Crippen MR) is 90.5 cm³/mol. The van der Waals surface area contributed by atoms with E-state index in [0.29, 0.717) is 6.04 Å². The Kier molecular flexibility index (Phi) is 4.76. The van der Waals surface area contributed by atoms with E-state index in [4.69, 9.17) is 0 Å². The highest BCUT2D eigenvalue weighted by molar-refractivity contribution is 9.11. The van der Waals surface area contributed by atoms with Crippen LogP contribution in [0.1, 0.15) is 17.7 Å². The van der Waals surface area contributed by atoms with Gasteiger partial charge in [0, 0.05) is 36.2 Å². The van der Waals surface area contributed by atoms with E-state index >= 15 is 0 Å². The van der Waals surface area contributed by atoms with Crippen molar-refractivity contribution in [3.05, 3.63) is 51.1 Å². The molecule has 1 saturated heterocycles. The molecule has 4 heteroatoms. The van der Waals surface area contributed by atoms with Crippen molar-refractivity contribution in [2.75, 3.05) is 18.0 Å². The summed E-state index contributed by atoms with van der Waals surface area (Å²) in [5, 5.41) is 3.69. The van der Waals surface area contributed by atoms with Crippen LogP contribution in [0.15, 0.2) is 46.3 Å². The Balaban J connectivity index is 1.47. The summed E-state index contributed by atoms with van der Waals surface area (Å²) < 4.78 is 1.22. The van der Waals surface area contributed by atoms with Crippen LogP contribution in [0.4, 0.5) is 5.69 Å². The predicted octanol–water partition coefficient (Wildman–Crippen LogP) is 4.27. The molecule has 2 heterocycles. The third kappa shape index (κ3) is 3.62. The van der Waals surface area contributed by atoms with Crippen molar-refractivity contribution in [2.24, 2.45) is 0 Å². The molecular formula is C16H19BrN2S. The molecule has 3 rings (SSSR count). The molecule has 106 valence electrons. The number of piperidine rings is 1. The lowest BCUT2D eigenvalue weighted by Crippen LogP contribution is -2.42. The van der Waals surface area contributed by atoms with E-state index in [0.717, 1.165) is 19.6 Å². The SMILES string of the molecule is Brc1ccc(CNC2CCN(c3ccccc3)CC2)s1. The monoisotopic (exact) mass is 350 g/mol. The molecule has 0 radical (unpaired) electrons. The second-order valence-corrected chi connectivity index (χ2v) is 7.73. The Morgan fingerprint density at radius 2 is 1.85 bits per heavy atom. The van der Waals surface area contributed by atoms with E-state index in [-0.39, 0.29) is 0 Å². The molecule has 1 aliphatic rings. The average molecular weight is 351 g/mol. The van der Waals surface area contributed by atoms with Gasteiger partial charge >= 0.3 is 0 Å². The number of hydrogen-bond acceptors (Lipinski definition) is 3. The number of hydrogen-bond donors (Lipinski definition) is 1. The first-order chi connectivity index (χ1) is 9.81. The van der Waals surface area contributed by atoms with Gasteiger partial charge in [0.05, 0.1) is 3.79 Å². The molecule has 20 heavy (non-hydrogen) atoms. The Morgan fingerprint density at radius 1 is 1.10 bits per heavy atom. The molecule has 1 fully saturated rings. The highest BCUT2D eigenvalue weighted by atomic mass is 79.9. The number of anilines is 1. The molecule has 0 amide bonds. The Labute approximate surface area is 132 Å². The van der Waals surface area contributed by atoms with Crippen molar-refractivity contribution < 1.29 is 0 Å². The normalized spacial score (nSPS) is 16.6. The number of nitrogens with one attached hydrogen (secondary N) is 1. The van der Waals surface area contributed by atoms with Crippen LogP contribution in [0.5, 0.6) is 0 Å². The lowest BCUT2D eigenvalue weighted by atomic mass is 10.0. The third-order valence-corrected chi connectivity index (χ3v) is 5.43. The second-order valence-electron chi connectivity index (χ2n) is 5.18. The van der Waals surface area contributed by atoms with Crippen LogP contribution in [0.25, 0.3) is 0 Å². The number of benzene rings is 1. The summed E-state index contributed by atoms with van der Waals surface area (Å²) in [6.45, 7) is 3.29. The van der Waals surface area contributed by atoms with Gasteiger partial charge in [-0.3, -0.25) is 0 Å². The number of thiophene rings is 1. The molecule has 0 unspecified atom stereocenters. The van der Waals surface area contributed by atoms with Gasteiger partial charge < -0.3 is 10.2 Å². The maximum atomic E-state index is 3.69. The van der Waals surface area contributed by atoms with E-state index in [9.17, 15) is 0 Å². The summed E-state index contributed by atoms with van der Waals surface area (Å²) in [4.78, 5) is 3.89. The van der Waals surface area contributed by atoms with E-state index < -0.39 is 0 Å². The molecule has 0 atom stereocenters. The Morgan fingerprint density at radius 3 is 2.50 bits per heavy atom. The van der Waals surface area contributed by atoms with Crippen LogP contribution in [0.3, 0.4) is 0 Å². The van der Waals surface area contributed by atoms with Crippen molar-refractivity contribution in [3.8, 4) is 0 Å². The van der Waals surface area contributed by atoms with Gasteiger partial charge in [0.15, 0.2) is 0 Å². The van der Waals surface area contributed by atoms with Gasteiger partial charge in [-0.25, -0.2) is 0 Å². The minimum Gasteiger partial charge on any atom is -0.371 e. The fraction of sp³-hybridized carbons (Fsp3) is 0.375. The maximum Gasteiger partial charge on any atom is 0.0701 e. The largest absolute Gasteiger partial charge is 0.371 e. The van der Waals surface area contributed by atoms with Crippen molar-refractivity contribution >= 4 is 33.0 Å². The van der Waals surface area contributed by atoms with Gasteiger partial charge in [-0.1, -0.05) is 18.2 Å². The highest BCUT2D eigenvalue weighted by Gasteiger charge is 2.18. The molecule has 0 spiro atoms. The second kappa shape index (κ2) is 6.74. The molecule has 2 nitrogen and oxygen atoms in total. The molecule has 0 saturated carbocycles. The third-order valence-electron chi connectivity index (χ3n) is 3.81. The molecule has 2 aromatic rings. The van der Waals surface area contributed by atoms with Crippen LogP contribution in [-0.2, 0) is 6.54 Å². The van der Waals surface area contributed by atoms with E-state index in [2.05, 4.69) is 68.6 Å². The van der Waals surface area contributed by atoms with Gasteiger partial charge in [-0.15, -0.1) is 11.3 Å². The standard InChI is InChI=1S/C16H19BrN2S/c17-16-7-6-15(20-16)12-18-13-8-10-19(11-9-13)14-4-2-1-3-5-14/h1-7,13,18H,8-12H2. The molecule has 0 bridgehead atoms. The fourth-order valence-electron chi connectivity index (χ4n) is 2.67. The zero-order valence-corrected chi connectivity index (χ0v) is 13.8. The van der Waals surface area contributed by atoms with Gasteiger partial charge in [0.25, 0.3) is 0 Å². The maximum absolute atomic E-state index is 3.69. The van der Waals surface area contributed by atoms with Crippen molar-refractivity contribution in [1.82, 2.24) is 5.32 Å². The number of nitrogens with zero attached hydrogens (tertiary/aromatic N) is 1. The lowest BCUT2D eigenvalue weighted by molar-refractivity contribution is 0.415. The van der Waals surface area contributed by atoms with Crippen LogP contribution in [0, 0.1) is 0 Å².